The quantitative estimate of drug-likeness (QED) is 0.709. The van der Waals surface area contributed by atoms with E-state index < -0.39 is 0 Å². The lowest BCUT2D eigenvalue weighted by Crippen LogP contribution is -2.41. The first-order valence-corrected chi connectivity index (χ1v) is 5.33. The molecule has 1 N–H and O–H groups in total. The lowest BCUT2D eigenvalue weighted by atomic mass is 10.2. The van der Waals surface area contributed by atoms with Crippen LogP contribution in [0, 0.1) is 0 Å². The molecule has 0 spiro atoms. The Morgan fingerprint density at radius 3 is 3.08 bits per heavy atom. The number of hydrogen-bond donors (Lipinski definition) is 1. The zero-order valence-corrected chi connectivity index (χ0v) is 8.51. The van der Waals surface area contributed by atoms with Crippen LogP contribution in [0.15, 0.2) is 0 Å². The average Bonchev–Trinajstić information content (AvgIpc) is 2.11. The number of rotatable bonds is 3. The standard InChI is InChI=1S/C10H20N2O/c1-2-3-7-12-8-5-4-6-11-9-10(12)13/h11H,2-9H2,1H3. The maximum atomic E-state index is 11.5. The number of carbonyl (C=O) groups is 1. The minimum Gasteiger partial charge on any atom is -0.342 e. The molecule has 3 nitrogen and oxygen atoms in total. The SMILES string of the molecule is CCCCN1CCCCNCC1=O. The first-order valence-electron chi connectivity index (χ1n) is 5.33. The summed E-state index contributed by atoms with van der Waals surface area (Å²) in [5, 5.41) is 3.15. The molecule has 1 aliphatic rings. The van der Waals surface area contributed by atoms with E-state index in [4.69, 9.17) is 0 Å². The third kappa shape index (κ3) is 3.77. The summed E-state index contributed by atoms with van der Waals surface area (Å²) < 4.78 is 0. The molecule has 0 aliphatic carbocycles. The minimum absolute atomic E-state index is 0.271. The molecule has 0 aromatic carbocycles. The molecule has 0 unspecified atom stereocenters. The van der Waals surface area contributed by atoms with Gasteiger partial charge in [-0.15, -0.1) is 0 Å². The van der Waals surface area contributed by atoms with Gasteiger partial charge in [0, 0.05) is 13.1 Å². The van der Waals surface area contributed by atoms with Crippen molar-refractivity contribution in [2.45, 2.75) is 32.6 Å². The topological polar surface area (TPSA) is 32.3 Å². The lowest BCUT2D eigenvalue weighted by molar-refractivity contribution is -0.130. The molecular formula is C10H20N2O. The molecule has 1 amide bonds. The second-order valence-electron chi connectivity index (χ2n) is 3.62. The van der Waals surface area contributed by atoms with Crippen molar-refractivity contribution in [2.24, 2.45) is 0 Å². The summed E-state index contributed by atoms with van der Waals surface area (Å²) in [6.45, 7) is 5.58. The Balaban J connectivity index is 2.32. The van der Waals surface area contributed by atoms with E-state index in [2.05, 4.69) is 12.2 Å². The predicted molar refractivity (Wildman–Crippen MR) is 53.6 cm³/mol. The third-order valence-electron chi connectivity index (χ3n) is 2.44. The Kier molecular flexibility index (Phi) is 4.83. The van der Waals surface area contributed by atoms with E-state index in [0.29, 0.717) is 6.54 Å². The van der Waals surface area contributed by atoms with Gasteiger partial charge in [0.2, 0.25) is 5.91 Å². The van der Waals surface area contributed by atoms with Crippen molar-refractivity contribution in [1.29, 1.82) is 0 Å². The Morgan fingerprint density at radius 1 is 1.46 bits per heavy atom. The molecule has 1 saturated heterocycles. The summed E-state index contributed by atoms with van der Waals surface area (Å²) in [6.07, 6.45) is 4.63. The molecule has 0 bridgehead atoms. The first kappa shape index (κ1) is 10.5. The highest BCUT2D eigenvalue weighted by molar-refractivity contribution is 5.78. The van der Waals surface area contributed by atoms with Gasteiger partial charge in [0.1, 0.15) is 0 Å². The highest BCUT2D eigenvalue weighted by atomic mass is 16.2. The first-order chi connectivity index (χ1) is 6.34. The van der Waals surface area contributed by atoms with Gasteiger partial charge in [-0.05, 0) is 25.8 Å². The van der Waals surface area contributed by atoms with E-state index in [-0.39, 0.29) is 5.91 Å². The van der Waals surface area contributed by atoms with E-state index in [0.717, 1.165) is 38.9 Å². The second kappa shape index (κ2) is 5.97. The highest BCUT2D eigenvalue weighted by Gasteiger charge is 2.13. The molecule has 0 aromatic rings. The normalized spacial score (nSPS) is 19.8. The van der Waals surface area contributed by atoms with Gasteiger partial charge in [-0.25, -0.2) is 0 Å². The van der Waals surface area contributed by atoms with Crippen LogP contribution in [0.5, 0.6) is 0 Å². The van der Waals surface area contributed by atoms with Crippen LogP contribution in [0.1, 0.15) is 32.6 Å². The zero-order chi connectivity index (χ0) is 9.52. The van der Waals surface area contributed by atoms with E-state index in [1.165, 1.54) is 6.42 Å². The Morgan fingerprint density at radius 2 is 2.31 bits per heavy atom. The third-order valence-corrected chi connectivity index (χ3v) is 2.44. The van der Waals surface area contributed by atoms with Crippen molar-refractivity contribution in [3.63, 3.8) is 0 Å². The van der Waals surface area contributed by atoms with Crippen molar-refractivity contribution >= 4 is 5.91 Å². The van der Waals surface area contributed by atoms with Crippen molar-refractivity contribution in [1.82, 2.24) is 10.2 Å². The molecule has 1 rings (SSSR count). The minimum atomic E-state index is 0.271. The van der Waals surface area contributed by atoms with Crippen LogP contribution in [0.4, 0.5) is 0 Å². The fraction of sp³-hybridized carbons (Fsp3) is 0.900. The summed E-state index contributed by atoms with van der Waals surface area (Å²) in [5.74, 6) is 0.271. The van der Waals surface area contributed by atoms with E-state index >= 15 is 0 Å². The molecule has 0 saturated carbocycles. The monoisotopic (exact) mass is 184 g/mol. The maximum Gasteiger partial charge on any atom is 0.236 e. The predicted octanol–water partition coefficient (Wildman–Crippen LogP) is 0.998. The van der Waals surface area contributed by atoms with Gasteiger partial charge in [-0.1, -0.05) is 13.3 Å². The fourth-order valence-corrected chi connectivity index (χ4v) is 1.57. The van der Waals surface area contributed by atoms with Crippen molar-refractivity contribution < 1.29 is 4.79 Å². The molecule has 13 heavy (non-hydrogen) atoms. The van der Waals surface area contributed by atoms with Crippen LogP contribution < -0.4 is 5.32 Å². The molecule has 0 radical (unpaired) electrons. The van der Waals surface area contributed by atoms with Gasteiger partial charge >= 0.3 is 0 Å². The average molecular weight is 184 g/mol. The number of nitrogens with one attached hydrogen (secondary N) is 1. The van der Waals surface area contributed by atoms with Crippen LogP contribution in [0.2, 0.25) is 0 Å². The van der Waals surface area contributed by atoms with E-state index in [9.17, 15) is 4.79 Å². The van der Waals surface area contributed by atoms with Gasteiger partial charge in [-0.2, -0.15) is 0 Å². The van der Waals surface area contributed by atoms with Gasteiger partial charge < -0.3 is 10.2 Å². The smallest absolute Gasteiger partial charge is 0.236 e. The summed E-state index contributed by atoms with van der Waals surface area (Å²) in [6, 6.07) is 0. The van der Waals surface area contributed by atoms with Gasteiger partial charge in [0.05, 0.1) is 6.54 Å². The molecule has 3 heteroatoms. The van der Waals surface area contributed by atoms with Crippen LogP contribution in [-0.2, 0) is 4.79 Å². The van der Waals surface area contributed by atoms with Gasteiger partial charge in [0.15, 0.2) is 0 Å². The van der Waals surface area contributed by atoms with Crippen LogP contribution in [0.3, 0.4) is 0 Å². The summed E-state index contributed by atoms with van der Waals surface area (Å²) >= 11 is 0. The Bertz CT molecular complexity index is 157. The van der Waals surface area contributed by atoms with Crippen molar-refractivity contribution in [3.8, 4) is 0 Å². The molecule has 1 fully saturated rings. The highest BCUT2D eigenvalue weighted by Crippen LogP contribution is 2.01. The molecule has 76 valence electrons. The fourth-order valence-electron chi connectivity index (χ4n) is 1.57. The Hall–Kier alpha value is -0.570. The number of hydrogen-bond acceptors (Lipinski definition) is 2. The van der Waals surface area contributed by atoms with E-state index in [1.807, 2.05) is 4.90 Å². The Labute approximate surface area is 80.5 Å². The van der Waals surface area contributed by atoms with Gasteiger partial charge in [0.25, 0.3) is 0 Å². The van der Waals surface area contributed by atoms with E-state index in [1.54, 1.807) is 0 Å². The van der Waals surface area contributed by atoms with Crippen LogP contribution >= 0.6 is 0 Å². The molecule has 1 heterocycles. The lowest BCUT2D eigenvalue weighted by Gasteiger charge is -2.24. The number of amides is 1. The number of carbonyl (C=O) groups excluding carboxylic acids is 1. The molecule has 1 aliphatic heterocycles. The summed E-state index contributed by atoms with van der Waals surface area (Å²) in [4.78, 5) is 13.5. The van der Waals surface area contributed by atoms with Crippen LogP contribution in [-0.4, -0.2) is 37.0 Å². The maximum absolute atomic E-state index is 11.5. The molecule has 0 aromatic heterocycles. The molecule has 0 atom stereocenters. The van der Waals surface area contributed by atoms with Crippen molar-refractivity contribution in [2.75, 3.05) is 26.2 Å². The van der Waals surface area contributed by atoms with Gasteiger partial charge in [-0.3, -0.25) is 4.79 Å². The number of unbranched alkanes of at least 4 members (excludes halogenated alkanes) is 1. The number of nitrogens with zero attached hydrogens (tertiary/aromatic N) is 1. The summed E-state index contributed by atoms with van der Waals surface area (Å²) in [5.41, 5.74) is 0. The largest absolute Gasteiger partial charge is 0.342 e. The summed E-state index contributed by atoms with van der Waals surface area (Å²) in [7, 11) is 0. The second-order valence-corrected chi connectivity index (χ2v) is 3.62. The van der Waals surface area contributed by atoms with Crippen molar-refractivity contribution in [3.05, 3.63) is 0 Å². The zero-order valence-electron chi connectivity index (χ0n) is 8.51. The van der Waals surface area contributed by atoms with Crippen LogP contribution in [0.25, 0.3) is 0 Å². The molecular weight excluding hydrogens is 164 g/mol.